The van der Waals surface area contributed by atoms with Crippen LogP contribution in [0.3, 0.4) is 0 Å². The van der Waals surface area contributed by atoms with Crippen LogP contribution in [0.5, 0.6) is 0 Å². The predicted molar refractivity (Wildman–Crippen MR) is 68.2 cm³/mol. The SMILES string of the molecule is CCN(CC)CCCNC(=O)c1ccc(C)o1. The van der Waals surface area contributed by atoms with Gasteiger partial charge in [-0.1, -0.05) is 13.8 Å². The van der Waals surface area contributed by atoms with Crippen LogP contribution in [0.4, 0.5) is 0 Å². The van der Waals surface area contributed by atoms with Crippen molar-refractivity contribution in [3.63, 3.8) is 0 Å². The van der Waals surface area contributed by atoms with E-state index >= 15 is 0 Å². The van der Waals surface area contributed by atoms with Crippen molar-refractivity contribution >= 4 is 5.91 Å². The number of amides is 1. The zero-order valence-electron chi connectivity index (χ0n) is 11.0. The van der Waals surface area contributed by atoms with E-state index in [1.807, 2.05) is 6.92 Å². The van der Waals surface area contributed by atoms with Crippen molar-refractivity contribution in [2.24, 2.45) is 0 Å². The minimum absolute atomic E-state index is 0.127. The lowest BCUT2D eigenvalue weighted by Gasteiger charge is -2.17. The maximum atomic E-state index is 11.6. The molecule has 4 nitrogen and oxygen atoms in total. The first kappa shape index (κ1) is 13.8. The summed E-state index contributed by atoms with van der Waals surface area (Å²) in [4.78, 5) is 14.0. The maximum absolute atomic E-state index is 11.6. The van der Waals surface area contributed by atoms with Crippen molar-refractivity contribution in [3.05, 3.63) is 23.7 Å². The Bertz CT molecular complexity index is 343. The van der Waals surface area contributed by atoms with Gasteiger partial charge in [0.15, 0.2) is 5.76 Å². The Labute approximate surface area is 103 Å². The van der Waals surface area contributed by atoms with Crippen molar-refractivity contribution in [1.82, 2.24) is 10.2 Å². The van der Waals surface area contributed by atoms with Gasteiger partial charge < -0.3 is 14.6 Å². The molecule has 0 aliphatic carbocycles. The van der Waals surface area contributed by atoms with E-state index in [0.29, 0.717) is 12.3 Å². The average molecular weight is 238 g/mol. The second kappa shape index (κ2) is 7.12. The molecule has 1 aromatic rings. The topological polar surface area (TPSA) is 45.5 Å². The Morgan fingerprint density at radius 2 is 2.06 bits per heavy atom. The molecule has 0 saturated heterocycles. The third-order valence-electron chi connectivity index (χ3n) is 2.80. The molecule has 96 valence electrons. The minimum Gasteiger partial charge on any atom is -0.456 e. The largest absolute Gasteiger partial charge is 0.456 e. The molecule has 1 N–H and O–H groups in total. The second-order valence-electron chi connectivity index (χ2n) is 4.05. The molecule has 1 heterocycles. The Hall–Kier alpha value is -1.29. The number of rotatable bonds is 7. The van der Waals surface area contributed by atoms with Crippen molar-refractivity contribution in [1.29, 1.82) is 0 Å². The van der Waals surface area contributed by atoms with Gasteiger partial charge in [-0.2, -0.15) is 0 Å². The van der Waals surface area contributed by atoms with Crippen LogP contribution in [0.25, 0.3) is 0 Å². The molecule has 1 rings (SSSR count). The van der Waals surface area contributed by atoms with Crippen molar-refractivity contribution in [3.8, 4) is 0 Å². The standard InChI is InChI=1S/C13H22N2O2/c1-4-15(5-2)10-6-9-14-13(16)12-8-7-11(3)17-12/h7-8H,4-6,9-10H2,1-3H3,(H,14,16). The molecule has 0 saturated carbocycles. The molecule has 0 bridgehead atoms. The maximum Gasteiger partial charge on any atom is 0.286 e. The summed E-state index contributed by atoms with van der Waals surface area (Å²) in [6.07, 6.45) is 0.965. The number of carbonyl (C=O) groups excluding carboxylic acids is 1. The summed E-state index contributed by atoms with van der Waals surface area (Å²) in [5.41, 5.74) is 0. The van der Waals surface area contributed by atoms with Gasteiger partial charge in [-0.25, -0.2) is 0 Å². The first-order valence-electron chi connectivity index (χ1n) is 6.24. The van der Waals surface area contributed by atoms with Gasteiger partial charge in [0.05, 0.1) is 0 Å². The van der Waals surface area contributed by atoms with E-state index in [1.54, 1.807) is 12.1 Å². The molecule has 4 heteroatoms. The van der Waals surface area contributed by atoms with Crippen LogP contribution >= 0.6 is 0 Å². The Morgan fingerprint density at radius 1 is 1.35 bits per heavy atom. The lowest BCUT2D eigenvalue weighted by Crippen LogP contribution is -2.29. The number of nitrogens with zero attached hydrogens (tertiary/aromatic N) is 1. The highest BCUT2D eigenvalue weighted by atomic mass is 16.3. The zero-order valence-corrected chi connectivity index (χ0v) is 11.0. The average Bonchev–Trinajstić information content (AvgIpc) is 2.76. The van der Waals surface area contributed by atoms with Crippen LogP contribution in [-0.2, 0) is 0 Å². The highest BCUT2D eigenvalue weighted by Crippen LogP contribution is 2.05. The molecule has 0 atom stereocenters. The number of hydrogen-bond acceptors (Lipinski definition) is 3. The summed E-state index contributed by atoms with van der Waals surface area (Å²) in [5.74, 6) is 1.03. The summed E-state index contributed by atoms with van der Waals surface area (Å²) in [7, 11) is 0. The third-order valence-corrected chi connectivity index (χ3v) is 2.80. The molecular weight excluding hydrogens is 216 g/mol. The quantitative estimate of drug-likeness (QED) is 0.739. The van der Waals surface area contributed by atoms with Crippen LogP contribution in [-0.4, -0.2) is 37.0 Å². The lowest BCUT2D eigenvalue weighted by atomic mass is 10.3. The first-order chi connectivity index (χ1) is 8.17. The van der Waals surface area contributed by atoms with Crippen molar-refractivity contribution in [2.75, 3.05) is 26.2 Å². The molecule has 1 amide bonds. The van der Waals surface area contributed by atoms with E-state index in [4.69, 9.17) is 4.42 Å². The fourth-order valence-electron chi connectivity index (χ4n) is 1.69. The highest BCUT2D eigenvalue weighted by Gasteiger charge is 2.08. The van der Waals surface area contributed by atoms with Gasteiger partial charge in [0.25, 0.3) is 5.91 Å². The minimum atomic E-state index is -0.127. The molecule has 0 aliphatic rings. The van der Waals surface area contributed by atoms with Crippen molar-refractivity contribution in [2.45, 2.75) is 27.2 Å². The number of aryl methyl sites for hydroxylation is 1. The monoisotopic (exact) mass is 238 g/mol. The fraction of sp³-hybridized carbons (Fsp3) is 0.615. The summed E-state index contributed by atoms with van der Waals surface area (Å²) in [5, 5.41) is 2.86. The zero-order chi connectivity index (χ0) is 12.7. The Kier molecular flexibility index (Phi) is 5.77. The fourth-order valence-corrected chi connectivity index (χ4v) is 1.69. The molecule has 1 aromatic heterocycles. The van der Waals surface area contributed by atoms with E-state index in [9.17, 15) is 4.79 Å². The van der Waals surface area contributed by atoms with E-state index in [2.05, 4.69) is 24.1 Å². The lowest BCUT2D eigenvalue weighted by molar-refractivity contribution is 0.0923. The van der Waals surface area contributed by atoms with Crippen LogP contribution in [0.2, 0.25) is 0 Å². The molecule has 0 fully saturated rings. The summed E-state index contributed by atoms with van der Waals surface area (Å²) in [6, 6.07) is 3.50. The van der Waals surface area contributed by atoms with Gasteiger partial charge in [-0.3, -0.25) is 4.79 Å². The van der Waals surface area contributed by atoms with Gasteiger partial charge >= 0.3 is 0 Å². The van der Waals surface area contributed by atoms with Crippen molar-refractivity contribution < 1.29 is 9.21 Å². The number of carbonyl (C=O) groups is 1. The second-order valence-corrected chi connectivity index (χ2v) is 4.05. The van der Waals surface area contributed by atoms with Crippen LogP contribution in [0.15, 0.2) is 16.5 Å². The van der Waals surface area contributed by atoms with Gasteiger partial charge in [-0.15, -0.1) is 0 Å². The van der Waals surface area contributed by atoms with Gasteiger partial charge in [0.1, 0.15) is 5.76 Å². The smallest absolute Gasteiger partial charge is 0.286 e. The van der Waals surface area contributed by atoms with Crippen LogP contribution in [0.1, 0.15) is 36.6 Å². The van der Waals surface area contributed by atoms with E-state index < -0.39 is 0 Å². The number of hydrogen-bond donors (Lipinski definition) is 1. The van der Waals surface area contributed by atoms with Gasteiger partial charge in [0.2, 0.25) is 0 Å². The number of furan rings is 1. The first-order valence-corrected chi connectivity index (χ1v) is 6.24. The normalized spacial score (nSPS) is 10.8. The molecule has 0 radical (unpaired) electrons. The van der Waals surface area contributed by atoms with E-state index in [0.717, 1.165) is 31.8 Å². The Morgan fingerprint density at radius 3 is 2.59 bits per heavy atom. The molecule has 17 heavy (non-hydrogen) atoms. The molecular formula is C13H22N2O2. The van der Waals surface area contributed by atoms with Gasteiger partial charge in [0, 0.05) is 6.54 Å². The van der Waals surface area contributed by atoms with E-state index in [-0.39, 0.29) is 5.91 Å². The molecule has 0 aliphatic heterocycles. The highest BCUT2D eigenvalue weighted by molar-refractivity contribution is 5.91. The molecule has 0 spiro atoms. The molecule has 0 aromatic carbocycles. The summed E-state index contributed by atoms with van der Waals surface area (Å²) >= 11 is 0. The number of nitrogens with one attached hydrogen (secondary N) is 1. The summed E-state index contributed by atoms with van der Waals surface area (Å²) < 4.78 is 5.24. The van der Waals surface area contributed by atoms with Crippen LogP contribution in [0, 0.1) is 6.92 Å². The third kappa shape index (κ3) is 4.61. The Balaban J connectivity index is 2.21. The summed E-state index contributed by atoms with van der Waals surface area (Å²) in [6.45, 7) is 9.95. The predicted octanol–water partition coefficient (Wildman–Crippen LogP) is 2.05. The van der Waals surface area contributed by atoms with E-state index in [1.165, 1.54) is 0 Å². The van der Waals surface area contributed by atoms with Crippen LogP contribution < -0.4 is 5.32 Å². The van der Waals surface area contributed by atoms with Gasteiger partial charge in [-0.05, 0) is 45.1 Å². The molecule has 0 unspecified atom stereocenters.